The van der Waals surface area contributed by atoms with Gasteiger partial charge in [0.2, 0.25) is 0 Å². The van der Waals surface area contributed by atoms with Crippen LogP contribution in [0.4, 0.5) is 0 Å². The highest BCUT2D eigenvalue weighted by atomic mass is 16.6. The van der Waals surface area contributed by atoms with Gasteiger partial charge >= 0.3 is 11.9 Å². The van der Waals surface area contributed by atoms with Crippen molar-refractivity contribution < 1.29 is 28.6 Å². The van der Waals surface area contributed by atoms with Crippen LogP contribution >= 0.6 is 0 Å². The third-order valence-corrected chi connectivity index (χ3v) is 4.38. The van der Waals surface area contributed by atoms with Gasteiger partial charge < -0.3 is 24.5 Å². The largest absolute Gasteiger partial charge is 0.464 e. The van der Waals surface area contributed by atoms with Crippen LogP contribution in [-0.2, 0) is 35.0 Å². The van der Waals surface area contributed by atoms with E-state index in [0.717, 1.165) is 16.5 Å². The Morgan fingerprint density at radius 3 is 2.59 bits per heavy atom. The number of aromatic nitrogens is 1. The first kappa shape index (κ1) is 18.9. The van der Waals surface area contributed by atoms with E-state index in [2.05, 4.69) is 10.3 Å². The van der Waals surface area contributed by atoms with Crippen molar-refractivity contribution in [2.45, 2.75) is 31.9 Å². The van der Waals surface area contributed by atoms with Crippen LogP contribution in [-0.4, -0.2) is 54.3 Å². The van der Waals surface area contributed by atoms with Crippen LogP contribution in [0.1, 0.15) is 19.4 Å². The number of nitrogens with one attached hydrogen (secondary N) is 2. The standard InChI is InChI=1S/C19H22N2O6/c1-3-25-16(22)15(9-12-10-20-14-8-6-5-7-13(12)14)21-17(23)19(11-27-19)18(24)26-4-2/h5-8,10,15,20H,3-4,9,11H2,1-2H3,(H,21,23)/t15-,19?/m0/s1. The second-order valence-electron chi connectivity index (χ2n) is 6.18. The molecule has 1 aromatic carbocycles. The molecule has 1 saturated heterocycles. The molecule has 1 aliphatic heterocycles. The van der Waals surface area contributed by atoms with E-state index in [0.29, 0.717) is 0 Å². The molecular weight excluding hydrogens is 352 g/mol. The van der Waals surface area contributed by atoms with Gasteiger partial charge in [-0.05, 0) is 25.5 Å². The first-order valence-corrected chi connectivity index (χ1v) is 8.85. The van der Waals surface area contributed by atoms with Gasteiger partial charge in [-0.2, -0.15) is 0 Å². The summed E-state index contributed by atoms with van der Waals surface area (Å²) in [4.78, 5) is 40.1. The molecule has 2 N–H and O–H groups in total. The number of aromatic amines is 1. The van der Waals surface area contributed by atoms with Gasteiger partial charge in [-0.1, -0.05) is 18.2 Å². The molecule has 8 nitrogen and oxygen atoms in total. The molecule has 144 valence electrons. The highest BCUT2D eigenvalue weighted by Crippen LogP contribution is 2.29. The molecular formula is C19H22N2O6. The summed E-state index contributed by atoms with van der Waals surface area (Å²) in [5.41, 5.74) is 0.113. The fourth-order valence-corrected chi connectivity index (χ4v) is 2.89. The van der Waals surface area contributed by atoms with E-state index < -0.39 is 29.5 Å². The van der Waals surface area contributed by atoms with Crippen molar-refractivity contribution in [3.8, 4) is 0 Å². The van der Waals surface area contributed by atoms with E-state index in [4.69, 9.17) is 14.2 Å². The van der Waals surface area contributed by atoms with Crippen molar-refractivity contribution in [1.82, 2.24) is 10.3 Å². The molecule has 1 unspecified atom stereocenters. The minimum absolute atomic E-state index is 0.0691. The van der Waals surface area contributed by atoms with Crippen molar-refractivity contribution >= 4 is 28.7 Å². The minimum Gasteiger partial charge on any atom is -0.464 e. The molecule has 1 aliphatic rings. The highest BCUT2D eigenvalue weighted by Gasteiger charge is 2.61. The number of rotatable bonds is 8. The van der Waals surface area contributed by atoms with Gasteiger partial charge in [0.1, 0.15) is 6.04 Å². The number of hydrogen-bond acceptors (Lipinski definition) is 6. The molecule has 3 rings (SSSR count). The van der Waals surface area contributed by atoms with Gasteiger partial charge in [0.05, 0.1) is 19.8 Å². The topological polar surface area (TPSA) is 110 Å². The molecule has 0 spiro atoms. The number of esters is 2. The molecule has 0 aliphatic carbocycles. The lowest BCUT2D eigenvalue weighted by molar-refractivity contribution is -0.156. The molecule has 0 bridgehead atoms. The van der Waals surface area contributed by atoms with Crippen molar-refractivity contribution in [2.75, 3.05) is 19.8 Å². The second kappa shape index (κ2) is 7.79. The van der Waals surface area contributed by atoms with E-state index in [1.165, 1.54) is 0 Å². The molecule has 0 radical (unpaired) electrons. The first-order chi connectivity index (χ1) is 13.0. The monoisotopic (exact) mass is 374 g/mol. The lowest BCUT2D eigenvalue weighted by atomic mass is 10.0. The predicted octanol–water partition coefficient (Wildman–Crippen LogP) is 1.09. The van der Waals surface area contributed by atoms with Gasteiger partial charge in [-0.25, -0.2) is 9.59 Å². The van der Waals surface area contributed by atoms with Gasteiger partial charge in [0, 0.05) is 23.5 Å². The highest BCUT2D eigenvalue weighted by molar-refractivity contribution is 6.09. The van der Waals surface area contributed by atoms with Gasteiger partial charge in [-0.15, -0.1) is 0 Å². The summed E-state index contributed by atoms with van der Waals surface area (Å²) in [5, 5.41) is 3.54. The predicted molar refractivity (Wildman–Crippen MR) is 95.9 cm³/mol. The SMILES string of the molecule is CCOC(=O)[C@H](Cc1c[nH]c2ccccc12)NC(=O)C1(C(=O)OCC)CO1. The molecule has 1 fully saturated rings. The Bertz CT molecular complexity index is 855. The Kier molecular flexibility index (Phi) is 5.46. The number of epoxide rings is 1. The number of carbonyl (C=O) groups excluding carboxylic acids is 3. The zero-order valence-electron chi connectivity index (χ0n) is 15.2. The molecule has 1 amide bonds. The van der Waals surface area contributed by atoms with E-state index in [1.54, 1.807) is 20.0 Å². The van der Waals surface area contributed by atoms with Crippen LogP contribution in [0.25, 0.3) is 10.9 Å². The van der Waals surface area contributed by atoms with Crippen LogP contribution in [0.15, 0.2) is 30.5 Å². The maximum Gasteiger partial charge on any atom is 0.350 e. The van der Waals surface area contributed by atoms with Crippen molar-refractivity contribution in [3.63, 3.8) is 0 Å². The summed E-state index contributed by atoms with van der Waals surface area (Å²) in [7, 11) is 0. The number of amides is 1. The number of carbonyl (C=O) groups is 3. The quantitative estimate of drug-likeness (QED) is 0.407. The summed E-state index contributed by atoms with van der Waals surface area (Å²) in [6, 6.07) is 6.69. The second-order valence-corrected chi connectivity index (χ2v) is 6.18. The normalized spacial score (nSPS) is 19.3. The molecule has 27 heavy (non-hydrogen) atoms. The average molecular weight is 374 g/mol. The Balaban J connectivity index is 1.79. The van der Waals surface area contributed by atoms with Gasteiger partial charge in [0.25, 0.3) is 11.5 Å². The van der Waals surface area contributed by atoms with E-state index in [1.807, 2.05) is 24.3 Å². The van der Waals surface area contributed by atoms with Crippen LogP contribution in [0.3, 0.4) is 0 Å². The minimum atomic E-state index is -1.67. The van der Waals surface area contributed by atoms with Gasteiger partial charge in [0.15, 0.2) is 0 Å². The molecule has 2 heterocycles. The maximum absolute atomic E-state index is 12.6. The maximum atomic E-state index is 12.6. The third kappa shape index (κ3) is 3.80. The molecule has 8 heteroatoms. The summed E-state index contributed by atoms with van der Waals surface area (Å²) in [6.45, 7) is 3.57. The third-order valence-electron chi connectivity index (χ3n) is 4.38. The number of fused-ring (bicyclic) bond motifs is 1. The lowest BCUT2D eigenvalue weighted by Crippen LogP contribution is -2.51. The van der Waals surface area contributed by atoms with Crippen LogP contribution in [0.2, 0.25) is 0 Å². The first-order valence-electron chi connectivity index (χ1n) is 8.85. The fraction of sp³-hybridized carbons (Fsp3) is 0.421. The number of benzene rings is 1. The summed E-state index contributed by atoms with van der Waals surface area (Å²) < 4.78 is 15.1. The number of para-hydroxylation sites is 1. The fourth-order valence-electron chi connectivity index (χ4n) is 2.89. The van der Waals surface area contributed by atoms with E-state index >= 15 is 0 Å². The average Bonchev–Trinajstić information content (AvgIpc) is 3.38. The Morgan fingerprint density at radius 1 is 1.22 bits per heavy atom. The van der Waals surface area contributed by atoms with Crippen molar-refractivity contribution in [1.29, 1.82) is 0 Å². The Hall–Kier alpha value is -2.87. The smallest absolute Gasteiger partial charge is 0.350 e. The number of hydrogen-bond donors (Lipinski definition) is 2. The Labute approximate surface area is 156 Å². The summed E-state index contributed by atoms with van der Waals surface area (Å²) in [5.74, 6) is -2.02. The zero-order valence-corrected chi connectivity index (χ0v) is 15.2. The molecule has 0 saturated carbocycles. The van der Waals surface area contributed by atoms with Crippen molar-refractivity contribution in [3.05, 3.63) is 36.0 Å². The van der Waals surface area contributed by atoms with E-state index in [-0.39, 0.29) is 26.2 Å². The number of ether oxygens (including phenoxy) is 3. The zero-order chi connectivity index (χ0) is 19.4. The Morgan fingerprint density at radius 2 is 1.93 bits per heavy atom. The van der Waals surface area contributed by atoms with Crippen LogP contribution in [0.5, 0.6) is 0 Å². The molecule has 2 aromatic rings. The van der Waals surface area contributed by atoms with Crippen LogP contribution in [0, 0.1) is 0 Å². The van der Waals surface area contributed by atoms with Crippen LogP contribution < -0.4 is 5.32 Å². The molecule has 2 atom stereocenters. The summed E-state index contributed by atoms with van der Waals surface area (Å²) >= 11 is 0. The summed E-state index contributed by atoms with van der Waals surface area (Å²) in [6.07, 6.45) is 2.01. The van der Waals surface area contributed by atoms with Gasteiger partial charge in [-0.3, -0.25) is 4.79 Å². The molecule has 1 aromatic heterocycles. The van der Waals surface area contributed by atoms with E-state index in [9.17, 15) is 14.4 Å². The lowest BCUT2D eigenvalue weighted by Gasteiger charge is -2.19. The number of H-pyrrole nitrogens is 1. The van der Waals surface area contributed by atoms with Crippen molar-refractivity contribution in [2.24, 2.45) is 0 Å².